The average Bonchev–Trinajstić information content (AvgIpc) is 2.58. The van der Waals surface area contributed by atoms with Crippen LogP contribution in [0, 0.1) is 41.6 Å². The van der Waals surface area contributed by atoms with Gasteiger partial charge in [0.25, 0.3) is 0 Å². The lowest BCUT2D eigenvalue weighted by Crippen LogP contribution is -2.33. The van der Waals surface area contributed by atoms with E-state index in [0.717, 1.165) is 0 Å². The number of phenolic OH excluding ortho intramolecular Hbond substituents is 1. The van der Waals surface area contributed by atoms with Crippen molar-refractivity contribution in [2.75, 3.05) is 13.2 Å². The molecule has 1 N–H and O–H groups in total. The van der Waals surface area contributed by atoms with Gasteiger partial charge in [0.15, 0.2) is 11.8 Å². The largest absolute Gasteiger partial charge is 0.507 e. The van der Waals surface area contributed by atoms with Crippen molar-refractivity contribution in [3.8, 4) is 17.9 Å². The molecule has 0 aromatic heterocycles. The van der Waals surface area contributed by atoms with Crippen molar-refractivity contribution in [2.45, 2.75) is 19.8 Å². The highest BCUT2D eigenvalue weighted by Crippen LogP contribution is 2.41. The molecular weight excluding hydrogens is 566 g/mol. The molecule has 9 heteroatoms. The van der Waals surface area contributed by atoms with Gasteiger partial charge in [-0.05, 0) is 71.2 Å². The molecule has 0 fully saturated rings. The predicted molar refractivity (Wildman–Crippen MR) is 108 cm³/mol. The first-order valence-corrected chi connectivity index (χ1v) is 9.78. The lowest BCUT2D eigenvalue weighted by molar-refractivity contribution is -0.150. The van der Waals surface area contributed by atoms with Crippen molar-refractivity contribution in [3.63, 3.8) is 0 Å². The highest BCUT2D eigenvalue weighted by molar-refractivity contribution is 14.1. The fraction of sp³-hybridized carbons (Fsp3) is 0.412. The molecular formula is C17H16I2N2O5. The number of rotatable bonds is 7. The fourth-order valence-electron chi connectivity index (χ4n) is 2.41. The Morgan fingerprint density at radius 1 is 1.08 bits per heavy atom. The summed E-state index contributed by atoms with van der Waals surface area (Å²) in [6.45, 7) is 3.24. The van der Waals surface area contributed by atoms with Gasteiger partial charge in [-0.25, -0.2) is 0 Å². The van der Waals surface area contributed by atoms with E-state index in [4.69, 9.17) is 9.47 Å². The van der Waals surface area contributed by atoms with E-state index in [1.54, 1.807) is 19.9 Å². The fourth-order valence-corrected chi connectivity index (χ4v) is 4.30. The Bertz CT molecular complexity index is 734. The van der Waals surface area contributed by atoms with E-state index >= 15 is 0 Å². The number of nitrogens with zero attached hydrogens (tertiary/aromatic N) is 2. The number of hydrogen-bond acceptors (Lipinski definition) is 7. The molecule has 0 unspecified atom stereocenters. The Kier molecular flexibility index (Phi) is 9.08. The summed E-state index contributed by atoms with van der Waals surface area (Å²) in [5, 5.41) is 29.6. The molecule has 138 valence electrons. The monoisotopic (exact) mass is 582 g/mol. The summed E-state index contributed by atoms with van der Waals surface area (Å²) in [5.41, 5.74) is 0.153. The molecule has 0 saturated heterocycles. The summed E-state index contributed by atoms with van der Waals surface area (Å²) in [5.74, 6) is -6.06. The van der Waals surface area contributed by atoms with E-state index in [2.05, 4.69) is 0 Å². The Labute approximate surface area is 178 Å². The first-order chi connectivity index (χ1) is 12.3. The summed E-state index contributed by atoms with van der Waals surface area (Å²) in [6.07, 6.45) is 0. The zero-order valence-electron chi connectivity index (χ0n) is 14.0. The molecule has 1 aromatic rings. The third-order valence-electron chi connectivity index (χ3n) is 3.49. The number of carbonyl (C=O) groups is 2. The van der Waals surface area contributed by atoms with Crippen LogP contribution in [-0.4, -0.2) is 30.3 Å². The topological polar surface area (TPSA) is 120 Å². The predicted octanol–water partition coefficient (Wildman–Crippen LogP) is 3.09. The van der Waals surface area contributed by atoms with Crippen LogP contribution >= 0.6 is 45.2 Å². The number of ether oxygens (including phenoxy) is 2. The first kappa shape index (κ1) is 22.4. The minimum Gasteiger partial charge on any atom is -0.507 e. The van der Waals surface area contributed by atoms with E-state index in [9.17, 15) is 25.2 Å². The number of benzene rings is 1. The van der Waals surface area contributed by atoms with Crippen molar-refractivity contribution in [3.05, 3.63) is 24.8 Å². The molecule has 0 bridgehead atoms. The highest BCUT2D eigenvalue weighted by Gasteiger charge is 2.43. The second kappa shape index (κ2) is 10.5. The minimum absolute atomic E-state index is 0.0379. The number of carbonyl (C=O) groups excluding carboxylic acids is 2. The van der Waals surface area contributed by atoms with Crippen LogP contribution in [0.2, 0.25) is 0 Å². The maximum atomic E-state index is 12.3. The summed E-state index contributed by atoms with van der Waals surface area (Å²) >= 11 is 3.90. The minimum atomic E-state index is -1.45. The summed E-state index contributed by atoms with van der Waals surface area (Å²) in [7, 11) is 0. The van der Waals surface area contributed by atoms with Gasteiger partial charge < -0.3 is 14.6 Å². The molecule has 0 aliphatic carbocycles. The van der Waals surface area contributed by atoms with Gasteiger partial charge in [0, 0.05) is 15.1 Å². The lowest BCUT2D eigenvalue weighted by Gasteiger charge is -2.25. The smallest absolute Gasteiger partial charge is 0.324 e. The van der Waals surface area contributed by atoms with E-state index in [-0.39, 0.29) is 24.5 Å². The van der Waals surface area contributed by atoms with Gasteiger partial charge in [-0.15, -0.1) is 0 Å². The average molecular weight is 582 g/mol. The van der Waals surface area contributed by atoms with Crippen molar-refractivity contribution < 1.29 is 24.2 Å². The van der Waals surface area contributed by atoms with Crippen molar-refractivity contribution in [2.24, 2.45) is 11.8 Å². The van der Waals surface area contributed by atoms with Crippen LogP contribution in [0.25, 0.3) is 0 Å². The summed E-state index contributed by atoms with van der Waals surface area (Å²) < 4.78 is 11.0. The Morgan fingerprint density at radius 2 is 1.54 bits per heavy atom. The number of esters is 2. The van der Waals surface area contributed by atoms with Gasteiger partial charge in [-0.3, -0.25) is 9.59 Å². The number of hydrogen-bond donors (Lipinski definition) is 1. The van der Waals surface area contributed by atoms with Crippen molar-refractivity contribution in [1.29, 1.82) is 10.5 Å². The normalized spacial score (nSPS) is 12.6. The molecule has 0 saturated carbocycles. The van der Waals surface area contributed by atoms with Crippen LogP contribution in [0.4, 0.5) is 0 Å². The number of phenols is 1. The molecule has 0 amide bonds. The highest BCUT2D eigenvalue weighted by atomic mass is 127. The third kappa shape index (κ3) is 5.20. The Hall–Kier alpha value is -1.60. The Morgan fingerprint density at radius 3 is 1.92 bits per heavy atom. The molecule has 0 heterocycles. The maximum absolute atomic E-state index is 12.3. The van der Waals surface area contributed by atoms with Gasteiger partial charge in [0.1, 0.15) is 5.75 Å². The third-order valence-corrected chi connectivity index (χ3v) is 4.94. The summed E-state index contributed by atoms with van der Waals surface area (Å²) in [6, 6.07) is 6.85. The van der Waals surface area contributed by atoms with Crippen LogP contribution in [0.3, 0.4) is 0 Å². The van der Waals surface area contributed by atoms with Gasteiger partial charge in [0.05, 0.1) is 28.9 Å². The lowest BCUT2D eigenvalue weighted by atomic mass is 9.77. The molecule has 0 aliphatic heterocycles. The number of nitriles is 2. The Balaban J connectivity index is 3.62. The van der Waals surface area contributed by atoms with E-state index in [1.807, 2.05) is 57.3 Å². The van der Waals surface area contributed by atoms with Gasteiger partial charge in [-0.2, -0.15) is 10.5 Å². The standard InChI is InChI=1S/C17H16I2N2O5/c1-3-25-16(23)11(7-20)14(12(8-21)17(24)26-4-2)10-5-9(18)6-13(19)15(10)22/h5-6,11-12,14,22H,3-4H2,1-2H3/t11-,12-/m0/s1. The zero-order valence-corrected chi connectivity index (χ0v) is 18.3. The van der Waals surface area contributed by atoms with Crippen LogP contribution in [-0.2, 0) is 19.1 Å². The maximum Gasteiger partial charge on any atom is 0.324 e. The van der Waals surface area contributed by atoms with Gasteiger partial charge in [0.2, 0.25) is 0 Å². The van der Waals surface area contributed by atoms with Crippen LogP contribution in [0.15, 0.2) is 12.1 Å². The molecule has 1 aromatic carbocycles. The second-order valence-corrected chi connectivity index (χ2v) is 7.48. The van der Waals surface area contributed by atoms with Crippen LogP contribution in [0.1, 0.15) is 25.3 Å². The molecule has 0 spiro atoms. The summed E-state index contributed by atoms with van der Waals surface area (Å²) in [4.78, 5) is 24.6. The molecule has 1 rings (SSSR count). The van der Waals surface area contributed by atoms with Gasteiger partial charge >= 0.3 is 11.9 Å². The number of aromatic hydroxyl groups is 1. The van der Waals surface area contributed by atoms with Crippen molar-refractivity contribution in [1.82, 2.24) is 0 Å². The molecule has 2 atom stereocenters. The van der Waals surface area contributed by atoms with Gasteiger partial charge in [-0.1, -0.05) is 0 Å². The van der Waals surface area contributed by atoms with E-state index in [0.29, 0.717) is 7.14 Å². The quantitative estimate of drug-likeness (QED) is 0.388. The zero-order chi connectivity index (χ0) is 19.9. The molecule has 7 nitrogen and oxygen atoms in total. The van der Waals surface area contributed by atoms with Crippen LogP contribution < -0.4 is 0 Å². The first-order valence-electron chi connectivity index (χ1n) is 7.62. The van der Waals surface area contributed by atoms with Crippen LogP contribution in [0.5, 0.6) is 5.75 Å². The second-order valence-electron chi connectivity index (χ2n) is 5.07. The molecule has 0 aliphatic rings. The molecule has 26 heavy (non-hydrogen) atoms. The molecule has 0 radical (unpaired) electrons. The van der Waals surface area contributed by atoms with Crippen molar-refractivity contribution >= 4 is 57.1 Å². The van der Waals surface area contributed by atoms with E-state index in [1.165, 1.54) is 6.07 Å². The SMILES string of the molecule is CCOC(=O)[C@@H](C#N)C(c1cc(I)cc(I)c1O)[C@H](C#N)C(=O)OCC. The van der Waals surface area contributed by atoms with E-state index < -0.39 is 29.7 Å². The number of halogens is 2.